The van der Waals surface area contributed by atoms with Crippen molar-refractivity contribution in [2.24, 2.45) is 0 Å². The maximum absolute atomic E-state index is 12.5. The zero-order chi connectivity index (χ0) is 15.3. The van der Waals surface area contributed by atoms with E-state index in [-0.39, 0.29) is 5.95 Å². The Morgan fingerprint density at radius 3 is 2.81 bits per heavy atom. The van der Waals surface area contributed by atoms with Crippen LogP contribution in [0.15, 0.2) is 22.7 Å². The standard InChI is InChI=1S/C12H17N5O2S2/c1-3-4-13-7-10-11(9(2)8-20-10)21(18,19)17-12-14-5-6-15-16-12/h5-6,8,13H,3-4,7H2,1-2H3,(H,14,16,17). The molecule has 0 aliphatic carbocycles. The number of anilines is 1. The van der Waals surface area contributed by atoms with Gasteiger partial charge >= 0.3 is 0 Å². The number of nitrogens with zero attached hydrogens (tertiary/aromatic N) is 3. The van der Waals surface area contributed by atoms with E-state index in [1.807, 2.05) is 5.38 Å². The van der Waals surface area contributed by atoms with Crippen molar-refractivity contribution in [1.29, 1.82) is 0 Å². The molecule has 0 fully saturated rings. The average Bonchev–Trinajstić information content (AvgIpc) is 2.82. The Bertz CT molecular complexity index is 685. The maximum Gasteiger partial charge on any atom is 0.265 e. The molecular weight excluding hydrogens is 310 g/mol. The lowest BCUT2D eigenvalue weighted by atomic mass is 10.3. The molecule has 0 spiro atoms. The molecule has 0 atom stereocenters. The van der Waals surface area contributed by atoms with Gasteiger partial charge in [-0.15, -0.1) is 16.4 Å². The van der Waals surface area contributed by atoms with E-state index in [9.17, 15) is 8.42 Å². The summed E-state index contributed by atoms with van der Waals surface area (Å²) in [6.45, 7) is 5.20. The molecule has 0 aliphatic heterocycles. The van der Waals surface area contributed by atoms with Crippen molar-refractivity contribution in [3.05, 3.63) is 28.2 Å². The number of sulfonamides is 1. The molecule has 7 nitrogen and oxygen atoms in total. The number of aromatic nitrogens is 3. The van der Waals surface area contributed by atoms with Gasteiger partial charge in [0.1, 0.15) is 4.90 Å². The maximum atomic E-state index is 12.5. The van der Waals surface area contributed by atoms with E-state index in [4.69, 9.17) is 0 Å². The van der Waals surface area contributed by atoms with Crippen LogP contribution in [0.4, 0.5) is 5.95 Å². The van der Waals surface area contributed by atoms with Gasteiger partial charge in [0.2, 0.25) is 0 Å². The average molecular weight is 327 g/mol. The molecule has 0 radical (unpaired) electrons. The van der Waals surface area contributed by atoms with Crippen molar-refractivity contribution < 1.29 is 8.42 Å². The molecule has 0 saturated heterocycles. The molecular formula is C12H17N5O2S2. The van der Waals surface area contributed by atoms with Gasteiger partial charge in [-0.05, 0) is 30.8 Å². The van der Waals surface area contributed by atoms with E-state index in [1.54, 1.807) is 6.92 Å². The van der Waals surface area contributed by atoms with Crippen molar-refractivity contribution in [3.63, 3.8) is 0 Å². The largest absolute Gasteiger partial charge is 0.312 e. The summed E-state index contributed by atoms with van der Waals surface area (Å²) in [5.74, 6) is -0.0319. The molecule has 2 heterocycles. The minimum atomic E-state index is -3.71. The van der Waals surface area contributed by atoms with Gasteiger partial charge < -0.3 is 5.32 Å². The van der Waals surface area contributed by atoms with Crippen molar-refractivity contribution in [2.45, 2.75) is 31.7 Å². The van der Waals surface area contributed by atoms with Crippen molar-refractivity contribution in [3.8, 4) is 0 Å². The Labute approximate surface area is 127 Å². The van der Waals surface area contributed by atoms with Crippen LogP contribution in [0.5, 0.6) is 0 Å². The van der Waals surface area contributed by atoms with Crippen LogP contribution in [0.1, 0.15) is 23.8 Å². The lowest BCUT2D eigenvalue weighted by Gasteiger charge is -2.09. The SMILES string of the molecule is CCCNCc1scc(C)c1S(=O)(=O)Nc1nccnn1. The molecule has 0 aliphatic rings. The van der Waals surface area contributed by atoms with Gasteiger partial charge in [0.05, 0.1) is 12.4 Å². The third-order valence-electron chi connectivity index (χ3n) is 2.68. The summed E-state index contributed by atoms with van der Waals surface area (Å²) in [7, 11) is -3.71. The molecule has 21 heavy (non-hydrogen) atoms. The highest BCUT2D eigenvalue weighted by Gasteiger charge is 2.23. The Balaban J connectivity index is 2.25. The summed E-state index contributed by atoms with van der Waals surface area (Å²) in [6, 6.07) is 0. The van der Waals surface area contributed by atoms with Crippen LogP contribution >= 0.6 is 11.3 Å². The lowest BCUT2D eigenvalue weighted by Crippen LogP contribution is -2.19. The molecule has 2 aromatic rings. The second-order valence-corrected chi connectivity index (χ2v) is 7.00. The molecule has 114 valence electrons. The first-order valence-corrected chi connectivity index (χ1v) is 8.85. The van der Waals surface area contributed by atoms with Gasteiger partial charge in [-0.1, -0.05) is 6.92 Å². The predicted octanol–water partition coefficient (Wildman–Crippen LogP) is 1.54. The van der Waals surface area contributed by atoms with Crippen molar-refractivity contribution >= 4 is 27.3 Å². The monoisotopic (exact) mass is 327 g/mol. The number of hydrogen-bond donors (Lipinski definition) is 2. The third kappa shape index (κ3) is 3.96. The minimum absolute atomic E-state index is 0.0319. The molecule has 0 aromatic carbocycles. The lowest BCUT2D eigenvalue weighted by molar-refractivity contribution is 0.597. The highest BCUT2D eigenvalue weighted by atomic mass is 32.2. The quantitative estimate of drug-likeness (QED) is 0.749. The van der Waals surface area contributed by atoms with Crippen molar-refractivity contribution in [1.82, 2.24) is 20.5 Å². The zero-order valence-electron chi connectivity index (χ0n) is 11.8. The number of hydrogen-bond acceptors (Lipinski definition) is 7. The predicted molar refractivity (Wildman–Crippen MR) is 81.7 cm³/mol. The molecule has 2 aromatic heterocycles. The molecule has 0 unspecified atom stereocenters. The normalized spacial score (nSPS) is 11.5. The summed E-state index contributed by atoms with van der Waals surface area (Å²) >= 11 is 1.43. The first kappa shape index (κ1) is 15.8. The van der Waals surface area contributed by atoms with E-state index in [1.165, 1.54) is 23.7 Å². The first-order valence-electron chi connectivity index (χ1n) is 6.48. The summed E-state index contributed by atoms with van der Waals surface area (Å²) in [4.78, 5) is 4.90. The van der Waals surface area contributed by atoms with Crippen LogP contribution in [0.25, 0.3) is 0 Å². The third-order valence-corrected chi connectivity index (χ3v) is 5.47. The zero-order valence-corrected chi connectivity index (χ0v) is 13.5. The summed E-state index contributed by atoms with van der Waals surface area (Å²) in [6.07, 6.45) is 3.76. The van der Waals surface area contributed by atoms with Crippen LogP contribution in [-0.4, -0.2) is 30.1 Å². The highest BCUT2D eigenvalue weighted by molar-refractivity contribution is 7.93. The molecule has 2 N–H and O–H groups in total. The molecule has 0 amide bonds. The fourth-order valence-electron chi connectivity index (χ4n) is 1.81. The molecule has 2 rings (SSSR count). The summed E-state index contributed by atoms with van der Waals surface area (Å²) in [5.41, 5.74) is 0.713. The van der Waals surface area contributed by atoms with E-state index in [0.29, 0.717) is 17.0 Å². The van der Waals surface area contributed by atoms with E-state index < -0.39 is 10.0 Å². The number of nitrogens with one attached hydrogen (secondary N) is 2. The van der Waals surface area contributed by atoms with E-state index in [2.05, 4.69) is 32.1 Å². The number of aryl methyl sites for hydroxylation is 1. The fourth-order valence-corrected chi connectivity index (χ4v) is 4.54. The van der Waals surface area contributed by atoms with Gasteiger partial charge in [-0.3, -0.25) is 0 Å². The van der Waals surface area contributed by atoms with E-state index >= 15 is 0 Å². The Morgan fingerprint density at radius 1 is 1.33 bits per heavy atom. The highest BCUT2D eigenvalue weighted by Crippen LogP contribution is 2.27. The fraction of sp³-hybridized carbons (Fsp3) is 0.417. The van der Waals surface area contributed by atoms with Crippen LogP contribution in [0.3, 0.4) is 0 Å². The van der Waals surface area contributed by atoms with Gasteiger partial charge in [-0.2, -0.15) is 5.10 Å². The molecule has 0 bridgehead atoms. The first-order chi connectivity index (χ1) is 10.0. The van der Waals surface area contributed by atoms with Gasteiger partial charge in [-0.25, -0.2) is 18.1 Å². The number of rotatable bonds is 7. The van der Waals surface area contributed by atoms with Crippen LogP contribution in [0, 0.1) is 6.92 Å². The smallest absolute Gasteiger partial charge is 0.265 e. The summed E-state index contributed by atoms with van der Waals surface area (Å²) in [5, 5.41) is 12.3. The molecule has 0 saturated carbocycles. The second kappa shape index (κ2) is 6.92. The topological polar surface area (TPSA) is 96.9 Å². The van der Waals surface area contributed by atoms with Crippen molar-refractivity contribution in [2.75, 3.05) is 11.3 Å². The minimum Gasteiger partial charge on any atom is -0.312 e. The second-order valence-electron chi connectivity index (χ2n) is 4.42. The molecule has 9 heteroatoms. The van der Waals surface area contributed by atoms with Gasteiger partial charge in [0.15, 0.2) is 0 Å². The summed E-state index contributed by atoms with van der Waals surface area (Å²) < 4.78 is 27.4. The Morgan fingerprint density at radius 2 is 2.14 bits per heavy atom. The van der Waals surface area contributed by atoms with Gasteiger partial charge in [0.25, 0.3) is 16.0 Å². The van der Waals surface area contributed by atoms with E-state index in [0.717, 1.165) is 17.8 Å². The van der Waals surface area contributed by atoms with Gasteiger partial charge in [0, 0.05) is 11.4 Å². The van der Waals surface area contributed by atoms with Crippen LogP contribution in [0.2, 0.25) is 0 Å². The van der Waals surface area contributed by atoms with Crippen LogP contribution in [-0.2, 0) is 16.6 Å². The Hall–Kier alpha value is -1.58. The van der Waals surface area contributed by atoms with Crippen LogP contribution < -0.4 is 10.0 Å². The number of thiophene rings is 1. The Kier molecular flexibility index (Phi) is 5.21.